The van der Waals surface area contributed by atoms with Gasteiger partial charge in [0.15, 0.2) is 6.10 Å². The number of quaternary nitrogens is 1. The zero-order valence-corrected chi connectivity index (χ0v) is 34.5. The van der Waals surface area contributed by atoms with Gasteiger partial charge in [0.1, 0.15) is 6.54 Å². The second kappa shape index (κ2) is 38.4. The Morgan fingerprint density at radius 3 is 1.08 bits per heavy atom. The first kappa shape index (κ1) is 50.3. The molecule has 0 heterocycles. The number of rotatable bonds is 38. The lowest BCUT2D eigenvalue weighted by atomic mass is 10.0. The maximum absolute atomic E-state index is 12.6. The molecule has 0 amide bonds. The van der Waals surface area contributed by atoms with E-state index in [4.69, 9.17) is 9.47 Å². The summed E-state index contributed by atoms with van der Waals surface area (Å²) in [7, 11) is 6.20. The van der Waals surface area contributed by atoms with Crippen LogP contribution in [-0.2, 0) is 19.1 Å². The maximum Gasteiger partial charge on any atom is 0.309 e. The molecule has 0 unspecified atom stereocenters. The summed E-state index contributed by atoms with van der Waals surface area (Å²) in [5.41, 5.74) is 0. The van der Waals surface area contributed by atoms with Crippen LogP contribution < -0.4 is 12.4 Å². The molecule has 0 aromatic rings. The van der Waals surface area contributed by atoms with Gasteiger partial charge in [0.2, 0.25) is 0 Å². The molecule has 6 heteroatoms. The van der Waals surface area contributed by atoms with Crippen LogP contribution in [0.15, 0.2) is 0 Å². The molecule has 0 fully saturated rings. The monoisotopic (exact) mass is 716 g/mol. The molecule has 0 bridgehead atoms. The summed E-state index contributed by atoms with van der Waals surface area (Å²) in [5, 5.41) is 0. The van der Waals surface area contributed by atoms with E-state index in [-0.39, 0.29) is 30.8 Å². The lowest BCUT2D eigenvalue weighted by molar-refractivity contribution is -0.873. The minimum Gasteiger partial charge on any atom is -1.00 e. The molecule has 5 nitrogen and oxygen atoms in total. The summed E-state index contributed by atoms with van der Waals surface area (Å²) in [4.78, 5) is 25.2. The molecule has 0 aliphatic heterocycles. The van der Waals surface area contributed by atoms with Crippen LogP contribution in [0.4, 0.5) is 0 Å². The van der Waals surface area contributed by atoms with Gasteiger partial charge in [-0.2, -0.15) is 0 Å². The molecule has 0 saturated carbocycles. The maximum atomic E-state index is 12.6. The minimum atomic E-state index is -0.424. The number of esters is 2. The number of likely N-dealkylation sites (N-methyl/N-ethyl adjacent to an activating group) is 1. The van der Waals surface area contributed by atoms with E-state index in [2.05, 4.69) is 35.0 Å². The summed E-state index contributed by atoms with van der Waals surface area (Å²) >= 11 is 0. The molecule has 294 valence electrons. The number of unbranched alkanes of at least 4 members (excludes halogenated alkanes) is 29. The van der Waals surface area contributed by atoms with E-state index in [0.29, 0.717) is 24.1 Å². The van der Waals surface area contributed by atoms with Crippen molar-refractivity contribution in [2.24, 2.45) is 0 Å². The Labute approximate surface area is 313 Å². The fraction of sp³-hybridized carbons (Fsp3) is 0.953. The molecular formula is C43H86ClNO4. The first-order valence-corrected chi connectivity index (χ1v) is 21.4. The SMILES string of the molecule is CCCCCCCCCCCCCCCCCCOC(=O)C[C@@H](C[N+](C)(C)C)OC(=O)CCCCCCCCCCCCCCCCC.[Cl-]. The second-order valence-electron chi connectivity index (χ2n) is 16.0. The molecule has 0 N–H and O–H groups in total. The van der Waals surface area contributed by atoms with Crippen LogP contribution in [0.1, 0.15) is 226 Å². The predicted molar refractivity (Wildman–Crippen MR) is 207 cm³/mol. The van der Waals surface area contributed by atoms with Crippen molar-refractivity contribution in [3.8, 4) is 0 Å². The Morgan fingerprint density at radius 2 is 0.755 bits per heavy atom. The summed E-state index contributed by atoms with van der Waals surface area (Å²) in [5.74, 6) is -0.414. The number of ether oxygens (including phenoxy) is 2. The molecule has 0 radical (unpaired) electrons. The quantitative estimate of drug-likeness (QED) is 0.0363. The zero-order valence-electron chi connectivity index (χ0n) is 33.8. The molecule has 0 aromatic carbocycles. The highest BCUT2D eigenvalue weighted by molar-refractivity contribution is 5.72. The normalized spacial score (nSPS) is 12.1. The standard InChI is InChI=1S/C43H86NO4.ClH/c1-6-8-10-12-14-16-18-20-22-24-26-28-30-32-34-36-38-47-43(46)39-41(40-44(3,4)5)48-42(45)37-35-33-31-29-27-25-23-21-19-17-15-13-11-9-7-2;/h41H,6-40H2,1-5H3;1H/q+1;/p-1/t41-;/m0./s1. The Hall–Kier alpha value is -0.810. The third-order valence-corrected chi connectivity index (χ3v) is 9.69. The van der Waals surface area contributed by atoms with E-state index in [0.717, 1.165) is 25.7 Å². The van der Waals surface area contributed by atoms with Crippen LogP contribution in [-0.4, -0.2) is 56.8 Å². The molecule has 0 saturated heterocycles. The Morgan fingerprint density at radius 1 is 0.449 bits per heavy atom. The van der Waals surface area contributed by atoms with Gasteiger partial charge in [-0.3, -0.25) is 9.59 Å². The van der Waals surface area contributed by atoms with E-state index in [1.807, 2.05) is 0 Å². The fourth-order valence-electron chi connectivity index (χ4n) is 6.72. The first-order chi connectivity index (χ1) is 23.3. The minimum absolute atomic E-state index is 0. The summed E-state index contributed by atoms with van der Waals surface area (Å²) < 4.78 is 12.0. The van der Waals surface area contributed by atoms with Crippen molar-refractivity contribution < 1.29 is 36.0 Å². The van der Waals surface area contributed by atoms with Crippen LogP contribution in [0.25, 0.3) is 0 Å². The molecule has 49 heavy (non-hydrogen) atoms. The number of hydrogen-bond acceptors (Lipinski definition) is 4. The van der Waals surface area contributed by atoms with E-state index >= 15 is 0 Å². The highest BCUT2D eigenvalue weighted by atomic mass is 35.5. The number of carbonyl (C=O) groups excluding carboxylic acids is 2. The van der Waals surface area contributed by atoms with E-state index in [1.54, 1.807) is 0 Å². The van der Waals surface area contributed by atoms with Crippen LogP contribution >= 0.6 is 0 Å². The fourth-order valence-corrected chi connectivity index (χ4v) is 6.72. The van der Waals surface area contributed by atoms with Crippen molar-refractivity contribution in [1.82, 2.24) is 0 Å². The third-order valence-electron chi connectivity index (χ3n) is 9.69. The van der Waals surface area contributed by atoms with Crippen molar-refractivity contribution in [3.05, 3.63) is 0 Å². The molecule has 0 aromatic heterocycles. The summed E-state index contributed by atoms with van der Waals surface area (Å²) in [6.45, 7) is 5.65. The molecule has 0 rings (SSSR count). The highest BCUT2D eigenvalue weighted by Gasteiger charge is 2.25. The van der Waals surface area contributed by atoms with Crippen molar-refractivity contribution in [2.75, 3.05) is 34.3 Å². The van der Waals surface area contributed by atoms with Gasteiger partial charge in [0.25, 0.3) is 0 Å². The van der Waals surface area contributed by atoms with Crippen molar-refractivity contribution >= 4 is 11.9 Å². The first-order valence-electron chi connectivity index (χ1n) is 21.4. The molecule has 0 spiro atoms. The molecule has 0 aliphatic rings. The summed E-state index contributed by atoms with van der Waals surface area (Å²) in [6, 6.07) is 0. The van der Waals surface area contributed by atoms with Gasteiger partial charge in [0, 0.05) is 6.42 Å². The van der Waals surface area contributed by atoms with Crippen LogP contribution in [0.2, 0.25) is 0 Å². The lowest BCUT2D eigenvalue weighted by Crippen LogP contribution is -3.00. The van der Waals surface area contributed by atoms with E-state index in [1.165, 1.54) is 173 Å². The van der Waals surface area contributed by atoms with Gasteiger partial charge >= 0.3 is 11.9 Å². The molecular weight excluding hydrogens is 630 g/mol. The Balaban J connectivity index is 0. The predicted octanol–water partition coefficient (Wildman–Crippen LogP) is 10.1. The average molecular weight is 717 g/mol. The van der Waals surface area contributed by atoms with Crippen molar-refractivity contribution in [2.45, 2.75) is 232 Å². The average Bonchev–Trinajstić information content (AvgIpc) is 3.03. The second-order valence-corrected chi connectivity index (χ2v) is 16.0. The largest absolute Gasteiger partial charge is 1.00 e. The van der Waals surface area contributed by atoms with Crippen molar-refractivity contribution in [1.29, 1.82) is 0 Å². The van der Waals surface area contributed by atoms with Gasteiger partial charge in [-0.1, -0.05) is 200 Å². The molecule has 0 aliphatic carbocycles. The number of hydrogen-bond donors (Lipinski definition) is 0. The van der Waals surface area contributed by atoms with Gasteiger partial charge < -0.3 is 26.4 Å². The number of halogens is 1. The third kappa shape index (κ3) is 41.5. The summed E-state index contributed by atoms with van der Waals surface area (Å²) in [6.07, 6.45) is 41.1. The Bertz CT molecular complexity index is 696. The zero-order chi connectivity index (χ0) is 35.4. The van der Waals surface area contributed by atoms with Gasteiger partial charge in [-0.25, -0.2) is 0 Å². The van der Waals surface area contributed by atoms with E-state index in [9.17, 15) is 9.59 Å². The van der Waals surface area contributed by atoms with E-state index < -0.39 is 6.10 Å². The van der Waals surface area contributed by atoms with Crippen molar-refractivity contribution in [3.63, 3.8) is 0 Å². The van der Waals surface area contributed by atoms with Crippen LogP contribution in [0.5, 0.6) is 0 Å². The number of nitrogens with zero attached hydrogens (tertiary/aromatic N) is 1. The lowest BCUT2D eigenvalue weighted by Gasteiger charge is -2.28. The van der Waals surface area contributed by atoms with Gasteiger partial charge in [-0.05, 0) is 12.8 Å². The number of carbonyl (C=O) groups is 2. The molecule has 1 atom stereocenters. The van der Waals surface area contributed by atoms with Crippen LogP contribution in [0.3, 0.4) is 0 Å². The Kier molecular flexibility index (Phi) is 39.4. The topological polar surface area (TPSA) is 52.6 Å². The highest BCUT2D eigenvalue weighted by Crippen LogP contribution is 2.16. The van der Waals surface area contributed by atoms with Gasteiger partial charge in [0.05, 0.1) is 34.2 Å². The smallest absolute Gasteiger partial charge is 0.309 e. The van der Waals surface area contributed by atoms with Gasteiger partial charge in [-0.15, -0.1) is 0 Å². The van der Waals surface area contributed by atoms with Crippen LogP contribution in [0, 0.1) is 0 Å².